The second-order valence-electron chi connectivity index (χ2n) is 7.20. The van der Waals surface area contributed by atoms with E-state index in [1.54, 1.807) is 18.5 Å². The molecule has 4 rings (SSSR count). The topological polar surface area (TPSA) is 70.2 Å². The molecule has 2 aromatic rings. The minimum absolute atomic E-state index is 0.147. The minimum Gasteiger partial charge on any atom is -0.356 e. The van der Waals surface area contributed by atoms with Crippen molar-refractivity contribution in [2.24, 2.45) is 0 Å². The Labute approximate surface area is 163 Å². The maximum Gasteiger partial charge on any atom is 0.315 e. The van der Waals surface area contributed by atoms with Crippen LogP contribution in [0.1, 0.15) is 29.7 Å². The summed E-state index contributed by atoms with van der Waals surface area (Å²) in [6, 6.07) is 6.37. The summed E-state index contributed by atoms with van der Waals surface area (Å²) in [5.74, 6) is 0.754. The zero-order chi connectivity index (χ0) is 19.3. The summed E-state index contributed by atoms with van der Waals surface area (Å²) >= 11 is 0. The van der Waals surface area contributed by atoms with Gasteiger partial charge in [0.25, 0.3) is 0 Å². The lowest BCUT2D eigenvalue weighted by Crippen LogP contribution is -2.48. The third-order valence-corrected chi connectivity index (χ3v) is 5.28. The summed E-state index contributed by atoms with van der Waals surface area (Å²) < 4.78 is 12.9. The summed E-state index contributed by atoms with van der Waals surface area (Å²) in [5, 5.41) is 5.94. The molecule has 0 radical (unpaired) electrons. The summed E-state index contributed by atoms with van der Waals surface area (Å²) in [7, 11) is 0. The third kappa shape index (κ3) is 4.30. The molecule has 1 saturated heterocycles. The van der Waals surface area contributed by atoms with Gasteiger partial charge in [-0.15, -0.1) is 0 Å². The molecule has 1 fully saturated rings. The smallest absolute Gasteiger partial charge is 0.315 e. The first-order valence-corrected chi connectivity index (χ1v) is 9.73. The maximum absolute atomic E-state index is 12.9. The number of amides is 2. The molecule has 6 nitrogen and oxygen atoms in total. The lowest BCUT2D eigenvalue weighted by Gasteiger charge is -2.33. The quantitative estimate of drug-likeness (QED) is 0.836. The van der Waals surface area contributed by atoms with Crippen LogP contribution in [0.2, 0.25) is 0 Å². The van der Waals surface area contributed by atoms with Crippen molar-refractivity contribution in [1.82, 2.24) is 20.6 Å². The van der Waals surface area contributed by atoms with Crippen molar-refractivity contribution < 1.29 is 9.18 Å². The normalized spacial score (nSPS) is 16.1. The number of nitrogens with zero attached hydrogens (tertiary/aromatic N) is 3. The second kappa shape index (κ2) is 8.37. The maximum atomic E-state index is 12.9. The highest BCUT2D eigenvalue weighted by molar-refractivity contribution is 5.74. The van der Waals surface area contributed by atoms with Crippen molar-refractivity contribution in [3.8, 4) is 0 Å². The first-order chi connectivity index (χ1) is 13.7. The van der Waals surface area contributed by atoms with Crippen molar-refractivity contribution in [2.45, 2.75) is 31.7 Å². The van der Waals surface area contributed by atoms with Crippen LogP contribution < -0.4 is 15.5 Å². The van der Waals surface area contributed by atoms with Gasteiger partial charge < -0.3 is 15.5 Å². The molecule has 2 heterocycles. The van der Waals surface area contributed by atoms with Gasteiger partial charge in [0.05, 0.1) is 5.69 Å². The van der Waals surface area contributed by atoms with Gasteiger partial charge in [0.1, 0.15) is 18.0 Å². The Hall–Kier alpha value is -2.96. The highest BCUT2D eigenvalue weighted by Crippen LogP contribution is 2.28. The van der Waals surface area contributed by atoms with Crippen molar-refractivity contribution in [3.05, 3.63) is 59.3 Å². The fourth-order valence-corrected chi connectivity index (χ4v) is 3.74. The van der Waals surface area contributed by atoms with Gasteiger partial charge in [-0.2, -0.15) is 0 Å². The van der Waals surface area contributed by atoms with Crippen LogP contribution in [0.3, 0.4) is 0 Å². The summed E-state index contributed by atoms with van der Waals surface area (Å²) in [6.07, 6.45) is 9.18. The lowest BCUT2D eigenvalue weighted by molar-refractivity contribution is 0.234. The van der Waals surface area contributed by atoms with E-state index in [1.165, 1.54) is 12.1 Å². The number of benzene rings is 1. The predicted octanol–water partition coefficient (Wildman–Crippen LogP) is 2.70. The number of hydrogen-bond donors (Lipinski definition) is 2. The van der Waals surface area contributed by atoms with E-state index in [0.717, 1.165) is 55.0 Å². The van der Waals surface area contributed by atoms with Gasteiger partial charge in [-0.25, -0.2) is 19.2 Å². The number of hydrogen-bond acceptors (Lipinski definition) is 4. The first kappa shape index (κ1) is 18.4. The highest BCUT2D eigenvalue weighted by Gasteiger charge is 2.24. The molecule has 1 aliphatic carbocycles. The van der Waals surface area contributed by atoms with Gasteiger partial charge >= 0.3 is 6.03 Å². The molecule has 1 aliphatic heterocycles. The molecule has 2 aliphatic rings. The highest BCUT2D eigenvalue weighted by atomic mass is 19.1. The number of carbonyl (C=O) groups excluding carboxylic acids is 1. The molecule has 0 spiro atoms. The van der Waals surface area contributed by atoms with Crippen LogP contribution >= 0.6 is 0 Å². The molecule has 146 valence electrons. The van der Waals surface area contributed by atoms with E-state index in [9.17, 15) is 9.18 Å². The third-order valence-electron chi connectivity index (χ3n) is 5.28. The van der Waals surface area contributed by atoms with Crippen LogP contribution in [-0.4, -0.2) is 41.7 Å². The van der Waals surface area contributed by atoms with Crippen molar-refractivity contribution in [1.29, 1.82) is 0 Å². The summed E-state index contributed by atoms with van der Waals surface area (Å²) in [5.41, 5.74) is 3.22. The van der Waals surface area contributed by atoms with E-state index in [-0.39, 0.29) is 17.9 Å². The average molecular weight is 381 g/mol. The van der Waals surface area contributed by atoms with Gasteiger partial charge in [0.15, 0.2) is 0 Å². The number of anilines is 1. The van der Waals surface area contributed by atoms with Gasteiger partial charge in [-0.05, 0) is 37.0 Å². The number of allylic oxidation sites excluding steroid dienone is 1. The van der Waals surface area contributed by atoms with Crippen molar-refractivity contribution in [3.63, 3.8) is 0 Å². The van der Waals surface area contributed by atoms with E-state index in [4.69, 9.17) is 0 Å². The number of rotatable bonds is 5. The predicted molar refractivity (Wildman–Crippen MR) is 107 cm³/mol. The Morgan fingerprint density at radius 1 is 1.18 bits per heavy atom. The summed E-state index contributed by atoms with van der Waals surface area (Å²) in [6.45, 7) is 2.24. The molecule has 28 heavy (non-hydrogen) atoms. The number of piperidine rings is 1. The van der Waals surface area contributed by atoms with Crippen molar-refractivity contribution in [2.75, 3.05) is 24.5 Å². The number of aromatic nitrogens is 2. The molecule has 1 aromatic heterocycles. The van der Waals surface area contributed by atoms with Gasteiger partial charge in [-0.3, -0.25) is 0 Å². The SMILES string of the molecule is O=C(NCCc1ccc(F)cc1)NC1CCN(c2ncnc3c2C=CC3)CC1. The molecule has 2 N–H and O–H groups in total. The average Bonchev–Trinajstić information content (AvgIpc) is 3.19. The number of carbonyl (C=O) groups is 1. The number of urea groups is 1. The Balaban J connectivity index is 1.21. The largest absolute Gasteiger partial charge is 0.356 e. The van der Waals surface area contributed by atoms with Crippen molar-refractivity contribution >= 4 is 17.9 Å². The van der Waals surface area contributed by atoms with Crippen LogP contribution in [-0.2, 0) is 12.8 Å². The van der Waals surface area contributed by atoms with Crippen LogP contribution in [0.25, 0.3) is 6.08 Å². The fourth-order valence-electron chi connectivity index (χ4n) is 3.74. The summed E-state index contributed by atoms with van der Waals surface area (Å²) in [4.78, 5) is 23.2. The van der Waals surface area contributed by atoms with Crippen LogP contribution in [0.15, 0.2) is 36.7 Å². The molecular formula is C21H24FN5O. The molecule has 2 amide bonds. The van der Waals surface area contributed by atoms with E-state index in [0.29, 0.717) is 13.0 Å². The minimum atomic E-state index is -0.247. The number of halogens is 1. The van der Waals surface area contributed by atoms with E-state index < -0.39 is 0 Å². The lowest BCUT2D eigenvalue weighted by atomic mass is 10.0. The first-order valence-electron chi connectivity index (χ1n) is 9.73. The van der Waals surface area contributed by atoms with E-state index >= 15 is 0 Å². The van der Waals surface area contributed by atoms with Crippen LogP contribution in [0.5, 0.6) is 0 Å². The van der Waals surface area contributed by atoms with Gasteiger partial charge in [0, 0.05) is 37.7 Å². The molecule has 0 atom stereocenters. The van der Waals surface area contributed by atoms with Crippen LogP contribution in [0.4, 0.5) is 15.0 Å². The van der Waals surface area contributed by atoms with Crippen LogP contribution in [0, 0.1) is 5.82 Å². The number of nitrogens with one attached hydrogen (secondary N) is 2. The molecule has 7 heteroatoms. The Bertz CT molecular complexity index is 860. The van der Waals surface area contributed by atoms with Gasteiger partial charge in [0.2, 0.25) is 0 Å². The molecule has 1 aromatic carbocycles. The molecule has 0 unspecified atom stereocenters. The standard InChI is InChI=1S/C21H24FN5O/c22-16-6-4-15(5-7-16)8-11-23-21(28)26-17-9-12-27(13-10-17)20-18-2-1-3-19(18)24-14-25-20/h1-2,4-7,14,17H,3,8-13H2,(H2,23,26,28). The zero-order valence-corrected chi connectivity index (χ0v) is 15.7. The zero-order valence-electron chi connectivity index (χ0n) is 15.7. The van der Waals surface area contributed by atoms with E-state index in [1.807, 2.05) is 0 Å². The van der Waals surface area contributed by atoms with E-state index in [2.05, 4.69) is 37.7 Å². The molecular weight excluding hydrogens is 357 g/mol. The Kier molecular flexibility index (Phi) is 5.50. The molecule has 0 bridgehead atoms. The molecule has 0 saturated carbocycles. The Morgan fingerprint density at radius 2 is 1.96 bits per heavy atom. The van der Waals surface area contributed by atoms with Gasteiger partial charge in [-0.1, -0.05) is 24.3 Å². The fraction of sp³-hybridized carbons (Fsp3) is 0.381. The Morgan fingerprint density at radius 3 is 2.75 bits per heavy atom. The number of fused-ring (bicyclic) bond motifs is 1. The monoisotopic (exact) mass is 381 g/mol. The second-order valence-corrected chi connectivity index (χ2v) is 7.20.